The van der Waals surface area contributed by atoms with Crippen LogP contribution in [0.1, 0.15) is 232 Å². The fraction of sp³-hybridized carbons (Fsp3) is 0.387. The first kappa shape index (κ1) is 68.8. The van der Waals surface area contributed by atoms with Gasteiger partial charge in [-0.1, -0.05) is 287 Å². The van der Waals surface area contributed by atoms with E-state index in [1.54, 1.807) is 12.7 Å². The van der Waals surface area contributed by atoms with Gasteiger partial charge in [0.25, 0.3) is 0 Å². The number of hydrogen-bond acceptors (Lipinski definition) is 4. The zero-order valence-corrected chi connectivity index (χ0v) is 54.8. The zero-order chi connectivity index (χ0) is 59.1. The second kappa shape index (κ2) is 34.8. The van der Waals surface area contributed by atoms with Crippen molar-refractivity contribution < 1.29 is 50.2 Å². The molecule has 0 aliphatic carbocycles. The molecule has 431 valence electrons. The van der Waals surface area contributed by atoms with Gasteiger partial charge in [0.05, 0.1) is 0 Å². The van der Waals surface area contributed by atoms with E-state index in [4.69, 9.17) is 25.4 Å². The molecule has 1 radical (unpaired) electrons. The van der Waals surface area contributed by atoms with Crippen molar-refractivity contribution in [1.82, 2.24) is 0 Å². The molecule has 0 amide bonds. The van der Waals surface area contributed by atoms with Gasteiger partial charge in [-0.25, -0.2) is 0 Å². The Bertz CT molecular complexity index is 2820. The SMILES string of the molecule is C1CCOC1.CC(C)c1cccc(C(C)C)c1N=C[N-]c1c(C(C)C)cccc1C(C)C.CC(C)c1cccc(C(C)C)c1N=C[N-]c1c(C(C)C)cccc1C(C)C.[O-]C(C#Cc1ccccc1)(c1ccccc1)c1ccccc1.[Sm+3]. The minimum atomic E-state index is -1.57. The van der Waals surface area contributed by atoms with Crippen LogP contribution in [0, 0.1) is 52.2 Å². The van der Waals surface area contributed by atoms with Crippen molar-refractivity contribution in [1.29, 1.82) is 0 Å². The third-order valence-electron chi connectivity index (χ3n) is 14.5. The number of nitrogens with zero attached hydrogens (tertiary/aromatic N) is 4. The van der Waals surface area contributed by atoms with E-state index in [0.717, 1.165) is 41.5 Å². The third kappa shape index (κ3) is 20.0. The van der Waals surface area contributed by atoms with Gasteiger partial charge in [-0.15, -0.1) is 0 Å². The van der Waals surface area contributed by atoms with Gasteiger partial charge in [-0.3, -0.25) is 0 Å². The molecular formula is C75H93N4O2Sm. The Morgan fingerprint density at radius 1 is 0.390 bits per heavy atom. The topological polar surface area (TPSA) is 85.2 Å². The summed E-state index contributed by atoms with van der Waals surface area (Å²) in [7, 11) is 0. The van der Waals surface area contributed by atoms with E-state index in [-0.39, 0.29) is 40.4 Å². The number of ether oxygens (including phenoxy) is 1. The Hall–Kier alpha value is -5.70. The van der Waals surface area contributed by atoms with Crippen LogP contribution in [0.4, 0.5) is 22.7 Å². The van der Waals surface area contributed by atoms with Gasteiger partial charge in [-0.05, 0) is 151 Å². The average molecular weight is 1230 g/mol. The minimum absolute atomic E-state index is 0. The summed E-state index contributed by atoms with van der Waals surface area (Å²) in [5.74, 6) is 9.44. The summed E-state index contributed by atoms with van der Waals surface area (Å²) in [5, 5.41) is 23.2. The van der Waals surface area contributed by atoms with Crippen LogP contribution in [0.25, 0.3) is 10.6 Å². The normalized spacial score (nSPS) is 12.3. The number of benzene rings is 7. The maximum absolute atomic E-state index is 13.5. The number of rotatable bonds is 16. The van der Waals surface area contributed by atoms with Gasteiger partial charge >= 0.3 is 40.4 Å². The number of hydrogen-bond donors (Lipinski definition) is 0. The van der Waals surface area contributed by atoms with E-state index in [0.29, 0.717) is 58.5 Å². The Balaban J connectivity index is 0.000000252. The molecule has 8 rings (SSSR count). The molecule has 1 heterocycles. The van der Waals surface area contributed by atoms with Gasteiger partial charge < -0.3 is 30.5 Å². The molecule has 82 heavy (non-hydrogen) atoms. The summed E-state index contributed by atoms with van der Waals surface area (Å²) in [6, 6.07) is 54.3. The van der Waals surface area contributed by atoms with Gasteiger partial charge in [-0.2, -0.15) is 0 Å². The first-order valence-corrected chi connectivity index (χ1v) is 29.7. The molecule has 0 aromatic heterocycles. The molecule has 7 aromatic carbocycles. The summed E-state index contributed by atoms with van der Waals surface area (Å²) in [5.41, 5.74) is 15.2. The van der Waals surface area contributed by atoms with Gasteiger partial charge in [0.1, 0.15) is 0 Å². The zero-order valence-electron chi connectivity index (χ0n) is 52.2. The van der Waals surface area contributed by atoms with Gasteiger partial charge in [0.15, 0.2) is 0 Å². The van der Waals surface area contributed by atoms with Crippen LogP contribution in [-0.4, -0.2) is 25.9 Å². The van der Waals surface area contributed by atoms with Crippen LogP contribution in [0.15, 0.2) is 174 Å². The van der Waals surface area contributed by atoms with Crippen LogP contribution >= 0.6 is 0 Å². The van der Waals surface area contributed by atoms with E-state index in [1.807, 2.05) is 91.0 Å². The molecule has 1 aliphatic heterocycles. The second-order valence-electron chi connectivity index (χ2n) is 23.5. The maximum Gasteiger partial charge on any atom is 3.00 e. The molecule has 1 saturated heterocycles. The Labute approximate surface area is 528 Å². The van der Waals surface area contributed by atoms with Crippen molar-refractivity contribution in [2.75, 3.05) is 13.2 Å². The van der Waals surface area contributed by atoms with Crippen LogP contribution in [-0.2, 0) is 10.3 Å². The van der Waals surface area contributed by atoms with Gasteiger partial charge in [0.2, 0.25) is 0 Å². The van der Waals surface area contributed by atoms with E-state index in [1.165, 1.54) is 57.3 Å². The van der Waals surface area contributed by atoms with Crippen LogP contribution in [0.5, 0.6) is 0 Å². The third-order valence-corrected chi connectivity index (χ3v) is 14.5. The second-order valence-corrected chi connectivity index (χ2v) is 23.5. The van der Waals surface area contributed by atoms with E-state index >= 15 is 0 Å². The largest absolute Gasteiger partial charge is 3.00 e. The minimum Gasteiger partial charge on any atom is -0.833 e. The summed E-state index contributed by atoms with van der Waals surface area (Å²) >= 11 is 0. The van der Waals surface area contributed by atoms with E-state index in [2.05, 4.69) is 195 Å². The van der Waals surface area contributed by atoms with Crippen molar-refractivity contribution in [2.24, 2.45) is 9.98 Å². The molecule has 0 saturated carbocycles. The molecule has 0 unspecified atom stereocenters. The van der Waals surface area contributed by atoms with Crippen molar-refractivity contribution in [3.8, 4) is 11.8 Å². The average Bonchev–Trinajstić information content (AvgIpc) is 4.06. The van der Waals surface area contributed by atoms with Crippen LogP contribution in [0.3, 0.4) is 0 Å². The molecule has 7 aromatic rings. The van der Waals surface area contributed by atoms with E-state index in [9.17, 15) is 5.11 Å². The Morgan fingerprint density at radius 2 is 0.659 bits per heavy atom. The fourth-order valence-corrected chi connectivity index (χ4v) is 9.78. The molecule has 1 fully saturated rings. The van der Waals surface area contributed by atoms with Crippen molar-refractivity contribution in [3.63, 3.8) is 0 Å². The summed E-state index contributed by atoms with van der Waals surface area (Å²) in [6.45, 7) is 37.6. The van der Waals surface area contributed by atoms with Gasteiger partial charge in [0, 0.05) is 24.4 Å². The van der Waals surface area contributed by atoms with Crippen molar-refractivity contribution in [3.05, 3.63) is 236 Å². The predicted molar refractivity (Wildman–Crippen MR) is 348 cm³/mol. The molecule has 6 nitrogen and oxygen atoms in total. The molecule has 7 heteroatoms. The van der Waals surface area contributed by atoms with Crippen molar-refractivity contribution in [2.45, 2.75) is 177 Å². The van der Waals surface area contributed by atoms with Crippen molar-refractivity contribution >= 4 is 35.4 Å². The fourth-order valence-electron chi connectivity index (χ4n) is 9.78. The summed E-state index contributed by atoms with van der Waals surface area (Å²) < 4.78 is 4.94. The smallest absolute Gasteiger partial charge is 0.833 e. The monoisotopic (exact) mass is 1230 g/mol. The Morgan fingerprint density at radius 3 is 0.915 bits per heavy atom. The number of para-hydroxylation sites is 4. The summed E-state index contributed by atoms with van der Waals surface area (Å²) in [6.07, 6.45) is 6.08. The first-order chi connectivity index (χ1) is 38.8. The molecule has 1 aliphatic rings. The quantitative estimate of drug-likeness (QED) is 0.0548. The molecule has 0 bridgehead atoms. The van der Waals surface area contributed by atoms with Crippen LogP contribution < -0.4 is 5.11 Å². The molecule has 0 N–H and O–H groups in total. The molecule has 0 spiro atoms. The maximum atomic E-state index is 13.5. The number of aliphatic imine (C=N–C) groups is 2. The van der Waals surface area contributed by atoms with E-state index < -0.39 is 5.60 Å². The first-order valence-electron chi connectivity index (χ1n) is 29.7. The molecule has 0 atom stereocenters. The molecular weight excluding hydrogens is 1140 g/mol. The standard InChI is InChI=1S/2C25H35N2.C21H15O.C4H8O.Sm/c2*1-16(2)20-11-9-12-21(17(3)4)24(20)26-15-27-25-22(18(5)6)13-10-14-23(25)19(7)8;22-21(19-12-6-2-7-13-19,20-14-8-3-9-15-20)17-16-18-10-4-1-5-11-18;1-2-4-5-3-1;/h2*9-19H,1-8H3;1-15H;1-4H2;/q3*-1;;+3. The summed E-state index contributed by atoms with van der Waals surface area (Å²) in [4.78, 5) is 9.71. The predicted octanol–water partition coefficient (Wildman–Crippen LogP) is 21.2. The Kier molecular flexibility index (Phi) is 29.2. The van der Waals surface area contributed by atoms with Crippen LogP contribution in [0.2, 0.25) is 0 Å².